The number of hydrogen-bond acceptors (Lipinski definition) is 5. The van der Waals surface area contributed by atoms with Gasteiger partial charge in [-0.1, -0.05) is 0 Å². The summed E-state index contributed by atoms with van der Waals surface area (Å²) in [7, 11) is 0. The van der Waals surface area contributed by atoms with Crippen molar-refractivity contribution in [2.75, 3.05) is 39.3 Å². The van der Waals surface area contributed by atoms with Crippen molar-refractivity contribution in [3.63, 3.8) is 0 Å². The summed E-state index contributed by atoms with van der Waals surface area (Å²) in [4.78, 5) is 16.2. The zero-order chi connectivity index (χ0) is 15.1. The van der Waals surface area contributed by atoms with Crippen molar-refractivity contribution in [1.29, 1.82) is 10.5 Å². The molecular formula is C15H23N5O. The van der Waals surface area contributed by atoms with E-state index in [1.165, 1.54) is 12.8 Å². The lowest BCUT2D eigenvalue weighted by atomic mass is 9.94. The van der Waals surface area contributed by atoms with E-state index in [4.69, 9.17) is 10.5 Å². The summed E-state index contributed by atoms with van der Waals surface area (Å²) in [5, 5.41) is 20.9. The Morgan fingerprint density at radius 1 is 1.24 bits per heavy atom. The molecule has 0 spiro atoms. The molecule has 0 bridgehead atoms. The van der Waals surface area contributed by atoms with Crippen LogP contribution in [0.1, 0.15) is 25.7 Å². The molecule has 21 heavy (non-hydrogen) atoms. The first kappa shape index (κ1) is 15.8. The lowest BCUT2D eigenvalue weighted by Crippen LogP contribution is -2.42. The lowest BCUT2D eigenvalue weighted by molar-refractivity contribution is -0.132. The number of nitrogens with one attached hydrogen (secondary N) is 1. The van der Waals surface area contributed by atoms with Crippen LogP contribution in [0.15, 0.2) is 0 Å². The number of hydrogen-bond donors (Lipinski definition) is 1. The molecule has 2 atom stereocenters. The Morgan fingerprint density at radius 2 is 1.95 bits per heavy atom. The smallest absolute Gasteiger partial charge is 0.236 e. The highest BCUT2D eigenvalue weighted by Gasteiger charge is 2.35. The molecule has 1 N–H and O–H groups in total. The quantitative estimate of drug-likeness (QED) is 0.761. The van der Waals surface area contributed by atoms with Crippen LogP contribution in [0.2, 0.25) is 0 Å². The van der Waals surface area contributed by atoms with Crippen LogP contribution in [0, 0.1) is 28.6 Å². The molecule has 0 aromatic carbocycles. The van der Waals surface area contributed by atoms with Gasteiger partial charge in [-0.25, -0.2) is 0 Å². The molecule has 1 amide bonds. The summed E-state index contributed by atoms with van der Waals surface area (Å²) in [6, 6.07) is 4.65. The van der Waals surface area contributed by atoms with Gasteiger partial charge in [-0.05, 0) is 25.3 Å². The van der Waals surface area contributed by atoms with Gasteiger partial charge < -0.3 is 10.2 Å². The molecule has 0 aliphatic carbocycles. The third-order valence-corrected chi connectivity index (χ3v) is 4.37. The van der Waals surface area contributed by atoms with E-state index in [2.05, 4.69) is 22.4 Å². The molecule has 2 aliphatic rings. The third-order valence-electron chi connectivity index (χ3n) is 4.37. The van der Waals surface area contributed by atoms with Gasteiger partial charge >= 0.3 is 0 Å². The second-order valence-electron chi connectivity index (χ2n) is 5.85. The molecule has 114 valence electrons. The number of nitrogens with zero attached hydrogens (tertiary/aromatic N) is 4. The van der Waals surface area contributed by atoms with Gasteiger partial charge in [0.1, 0.15) is 0 Å². The minimum absolute atomic E-state index is 0.0409. The molecule has 0 aromatic rings. The fraction of sp³-hybridized carbons (Fsp3) is 0.800. The van der Waals surface area contributed by atoms with E-state index in [1.54, 1.807) is 4.90 Å². The highest BCUT2D eigenvalue weighted by molar-refractivity contribution is 5.78. The van der Waals surface area contributed by atoms with Crippen LogP contribution in [0.4, 0.5) is 0 Å². The van der Waals surface area contributed by atoms with E-state index in [0.717, 1.165) is 19.6 Å². The monoisotopic (exact) mass is 289 g/mol. The van der Waals surface area contributed by atoms with E-state index in [-0.39, 0.29) is 5.91 Å². The van der Waals surface area contributed by atoms with Crippen molar-refractivity contribution in [2.24, 2.45) is 5.92 Å². The predicted molar refractivity (Wildman–Crippen MR) is 78.0 cm³/mol. The molecule has 2 aliphatic heterocycles. The van der Waals surface area contributed by atoms with Gasteiger partial charge in [-0.15, -0.1) is 0 Å². The fourth-order valence-electron chi connectivity index (χ4n) is 3.29. The van der Waals surface area contributed by atoms with Gasteiger partial charge in [-0.3, -0.25) is 9.69 Å². The Morgan fingerprint density at radius 3 is 2.57 bits per heavy atom. The maximum Gasteiger partial charge on any atom is 0.236 e. The number of carbonyl (C=O) groups excluding carboxylic acids is 1. The normalized spacial score (nSPS) is 24.9. The molecule has 6 heteroatoms. The Labute approximate surface area is 126 Å². The molecule has 6 nitrogen and oxygen atoms in total. The van der Waals surface area contributed by atoms with Gasteiger partial charge in [0.15, 0.2) is 0 Å². The van der Waals surface area contributed by atoms with Crippen LogP contribution in [-0.4, -0.2) is 61.0 Å². The Hall–Kier alpha value is -1.63. The van der Waals surface area contributed by atoms with E-state index >= 15 is 0 Å². The van der Waals surface area contributed by atoms with Gasteiger partial charge in [0, 0.05) is 32.2 Å². The minimum Gasteiger partial charge on any atom is -0.340 e. The first-order valence-electron chi connectivity index (χ1n) is 7.72. The van der Waals surface area contributed by atoms with Crippen molar-refractivity contribution < 1.29 is 4.79 Å². The average Bonchev–Trinajstić information content (AvgIpc) is 2.89. The molecule has 2 heterocycles. The molecule has 2 rings (SSSR count). The zero-order valence-electron chi connectivity index (χ0n) is 12.4. The highest BCUT2D eigenvalue weighted by Crippen LogP contribution is 2.24. The van der Waals surface area contributed by atoms with Crippen molar-refractivity contribution in [3.8, 4) is 12.1 Å². The zero-order valence-corrected chi connectivity index (χ0v) is 12.4. The third kappa shape index (κ3) is 4.42. The second kappa shape index (κ2) is 7.97. The van der Waals surface area contributed by atoms with Crippen LogP contribution in [0.3, 0.4) is 0 Å². The summed E-state index contributed by atoms with van der Waals surface area (Å²) in [5.41, 5.74) is 0. The lowest BCUT2D eigenvalue weighted by Gasteiger charge is -2.24. The molecular weight excluding hydrogens is 266 g/mol. The molecule has 0 unspecified atom stereocenters. The SMILES string of the molecule is N#CCCN(CCC#N)C(=O)CN1C[C@@H]2CCCN[C@@H]2C1. The average molecular weight is 289 g/mol. The molecule has 2 saturated heterocycles. The summed E-state index contributed by atoms with van der Waals surface area (Å²) in [6.07, 6.45) is 3.11. The Balaban J connectivity index is 1.83. The van der Waals surface area contributed by atoms with Gasteiger partial charge in [0.2, 0.25) is 5.91 Å². The first-order chi connectivity index (χ1) is 10.2. The van der Waals surface area contributed by atoms with Crippen LogP contribution in [-0.2, 0) is 4.79 Å². The largest absolute Gasteiger partial charge is 0.340 e. The second-order valence-corrected chi connectivity index (χ2v) is 5.85. The molecule has 0 aromatic heterocycles. The topological polar surface area (TPSA) is 83.2 Å². The van der Waals surface area contributed by atoms with E-state index in [9.17, 15) is 4.79 Å². The molecule has 0 saturated carbocycles. The van der Waals surface area contributed by atoms with Crippen molar-refractivity contribution >= 4 is 5.91 Å². The summed E-state index contributed by atoms with van der Waals surface area (Å²) in [5.74, 6) is 0.706. The number of likely N-dealkylation sites (tertiary alicyclic amines) is 1. The van der Waals surface area contributed by atoms with Gasteiger partial charge in [0.25, 0.3) is 0 Å². The minimum atomic E-state index is 0.0409. The Bertz CT molecular complexity index is 406. The predicted octanol–water partition coefficient (Wildman–Crippen LogP) is 0.326. The Kier molecular flexibility index (Phi) is 5.98. The van der Waals surface area contributed by atoms with Crippen LogP contribution in [0.25, 0.3) is 0 Å². The number of rotatable bonds is 6. The molecule has 2 fully saturated rings. The van der Waals surface area contributed by atoms with Crippen LogP contribution < -0.4 is 5.32 Å². The van der Waals surface area contributed by atoms with Crippen LogP contribution >= 0.6 is 0 Å². The summed E-state index contributed by atoms with van der Waals surface area (Å²) < 4.78 is 0. The van der Waals surface area contributed by atoms with Crippen LogP contribution in [0.5, 0.6) is 0 Å². The van der Waals surface area contributed by atoms with Gasteiger partial charge in [-0.2, -0.15) is 10.5 Å². The molecule has 0 radical (unpaired) electrons. The van der Waals surface area contributed by atoms with Crippen molar-refractivity contribution in [2.45, 2.75) is 31.7 Å². The van der Waals surface area contributed by atoms with E-state index in [1.807, 2.05) is 0 Å². The number of nitriles is 2. The van der Waals surface area contributed by atoms with Gasteiger partial charge in [0.05, 0.1) is 31.5 Å². The number of amides is 1. The van der Waals surface area contributed by atoms with Crippen molar-refractivity contribution in [3.05, 3.63) is 0 Å². The van der Waals surface area contributed by atoms with Crippen molar-refractivity contribution in [1.82, 2.24) is 15.1 Å². The summed E-state index contributed by atoms with van der Waals surface area (Å²) >= 11 is 0. The first-order valence-corrected chi connectivity index (χ1v) is 7.72. The highest BCUT2D eigenvalue weighted by atomic mass is 16.2. The maximum absolute atomic E-state index is 12.4. The van der Waals surface area contributed by atoms with E-state index in [0.29, 0.717) is 44.4 Å². The fourth-order valence-corrected chi connectivity index (χ4v) is 3.29. The maximum atomic E-state index is 12.4. The number of fused-ring (bicyclic) bond motifs is 1. The summed E-state index contributed by atoms with van der Waals surface area (Å²) in [6.45, 7) is 4.26. The number of piperidine rings is 1. The van der Waals surface area contributed by atoms with E-state index < -0.39 is 0 Å². The standard InChI is InChI=1S/C15H23N5O/c16-5-2-8-20(9-3-6-17)15(21)12-19-10-13-4-1-7-18-14(13)11-19/h13-14,18H,1-4,7-12H2/t13-,14+/m0/s1. The number of carbonyl (C=O) groups is 1.